The van der Waals surface area contributed by atoms with Crippen molar-refractivity contribution >= 4 is 40.0 Å². The molecule has 0 aliphatic rings. The summed E-state index contributed by atoms with van der Waals surface area (Å²) in [6, 6.07) is 12.6. The Labute approximate surface area is 131 Å². The summed E-state index contributed by atoms with van der Waals surface area (Å²) in [5.41, 5.74) is 3.47. The number of aryl methyl sites for hydroxylation is 1. The number of hydrogen-bond donors (Lipinski definition) is 1. The average molecular weight is 320 g/mol. The predicted molar refractivity (Wildman–Crippen MR) is 91.1 cm³/mol. The van der Waals surface area contributed by atoms with E-state index in [0.717, 1.165) is 17.3 Å². The highest BCUT2D eigenvalue weighted by molar-refractivity contribution is 7.14. The molecule has 102 valence electrons. The first kappa shape index (κ1) is 13.7. The first-order chi connectivity index (χ1) is 9.72. The third kappa shape index (κ3) is 3.06. The van der Waals surface area contributed by atoms with Crippen LogP contribution < -0.4 is 5.32 Å². The molecule has 0 atom stereocenters. The molecule has 3 aromatic rings. The average Bonchev–Trinajstić information content (AvgIpc) is 3.08. The monoisotopic (exact) mass is 319 g/mol. The molecule has 0 aliphatic carbocycles. The van der Waals surface area contributed by atoms with Gasteiger partial charge < -0.3 is 5.32 Å². The fraction of sp³-hybridized carbons (Fsp3) is 0.125. The number of hydrogen-bond acceptors (Lipinski definition) is 3. The smallest absolute Gasteiger partial charge is 0.0640 e. The molecule has 0 unspecified atom stereocenters. The Kier molecular flexibility index (Phi) is 4.10. The summed E-state index contributed by atoms with van der Waals surface area (Å²) in [5, 5.41) is 8.49. The van der Waals surface area contributed by atoms with Crippen molar-refractivity contribution in [1.82, 2.24) is 0 Å². The van der Waals surface area contributed by atoms with Gasteiger partial charge in [-0.1, -0.05) is 23.7 Å². The molecule has 0 bridgehead atoms. The van der Waals surface area contributed by atoms with Gasteiger partial charge in [-0.3, -0.25) is 0 Å². The van der Waals surface area contributed by atoms with Crippen LogP contribution in [-0.4, -0.2) is 0 Å². The van der Waals surface area contributed by atoms with E-state index in [9.17, 15) is 0 Å². The third-order valence-electron chi connectivity index (χ3n) is 3.04. The van der Waals surface area contributed by atoms with Gasteiger partial charge in [-0.15, -0.1) is 22.7 Å². The summed E-state index contributed by atoms with van der Waals surface area (Å²) in [4.78, 5) is 2.63. The number of thiophene rings is 2. The van der Waals surface area contributed by atoms with Crippen molar-refractivity contribution in [2.24, 2.45) is 0 Å². The van der Waals surface area contributed by atoms with E-state index >= 15 is 0 Å². The van der Waals surface area contributed by atoms with Gasteiger partial charge in [-0.05, 0) is 47.5 Å². The summed E-state index contributed by atoms with van der Waals surface area (Å²) >= 11 is 9.77. The lowest BCUT2D eigenvalue weighted by Crippen LogP contribution is -1.98. The van der Waals surface area contributed by atoms with E-state index in [1.54, 1.807) is 22.7 Å². The Balaban J connectivity index is 1.70. The van der Waals surface area contributed by atoms with Gasteiger partial charge in [0.1, 0.15) is 0 Å². The van der Waals surface area contributed by atoms with Crippen LogP contribution in [0, 0.1) is 6.92 Å². The van der Waals surface area contributed by atoms with Crippen LogP contribution in [0.3, 0.4) is 0 Å². The van der Waals surface area contributed by atoms with Crippen molar-refractivity contribution in [2.45, 2.75) is 13.5 Å². The second kappa shape index (κ2) is 6.00. The van der Waals surface area contributed by atoms with Crippen LogP contribution in [-0.2, 0) is 6.54 Å². The van der Waals surface area contributed by atoms with Gasteiger partial charge in [0.05, 0.1) is 10.7 Å². The lowest BCUT2D eigenvalue weighted by Gasteiger charge is -2.07. The maximum absolute atomic E-state index is 6.22. The van der Waals surface area contributed by atoms with Crippen LogP contribution in [0.25, 0.3) is 10.4 Å². The summed E-state index contributed by atoms with van der Waals surface area (Å²) in [7, 11) is 0. The quantitative estimate of drug-likeness (QED) is 0.617. The summed E-state index contributed by atoms with van der Waals surface area (Å²) in [6.07, 6.45) is 0. The molecule has 1 N–H and O–H groups in total. The second-order valence-corrected chi connectivity index (χ2v) is 6.97. The van der Waals surface area contributed by atoms with E-state index in [0.29, 0.717) is 0 Å². The molecule has 3 rings (SSSR count). The van der Waals surface area contributed by atoms with Crippen molar-refractivity contribution in [3.8, 4) is 10.4 Å². The zero-order chi connectivity index (χ0) is 13.9. The van der Waals surface area contributed by atoms with Gasteiger partial charge in [0.25, 0.3) is 0 Å². The first-order valence-corrected chi connectivity index (χ1v) is 8.47. The number of benzene rings is 1. The first-order valence-electron chi connectivity index (χ1n) is 6.34. The summed E-state index contributed by atoms with van der Waals surface area (Å²) in [6.45, 7) is 2.85. The highest BCUT2D eigenvalue weighted by Crippen LogP contribution is 2.30. The lowest BCUT2D eigenvalue weighted by molar-refractivity contribution is 1.19. The lowest BCUT2D eigenvalue weighted by atomic mass is 10.2. The minimum absolute atomic E-state index is 0.778. The number of nitrogens with one attached hydrogen (secondary N) is 1. The highest BCUT2D eigenvalue weighted by atomic mass is 35.5. The molecule has 0 aliphatic heterocycles. The highest BCUT2D eigenvalue weighted by Gasteiger charge is 2.05. The Bertz CT molecular complexity index is 701. The summed E-state index contributed by atoms with van der Waals surface area (Å²) < 4.78 is 0. The van der Waals surface area contributed by atoms with Crippen LogP contribution in [0.1, 0.15) is 10.4 Å². The molecule has 2 heterocycles. The third-order valence-corrected chi connectivity index (χ3v) is 5.21. The molecule has 0 radical (unpaired) electrons. The van der Waals surface area contributed by atoms with Crippen LogP contribution in [0.4, 0.5) is 5.69 Å². The Morgan fingerprint density at radius 3 is 2.80 bits per heavy atom. The molecule has 1 aromatic carbocycles. The minimum Gasteiger partial charge on any atom is -0.379 e. The zero-order valence-electron chi connectivity index (χ0n) is 11.0. The molecule has 0 spiro atoms. The van der Waals surface area contributed by atoms with Crippen molar-refractivity contribution < 1.29 is 0 Å². The predicted octanol–water partition coefficient (Wildman–Crippen LogP) is 6.05. The maximum atomic E-state index is 6.22. The van der Waals surface area contributed by atoms with Gasteiger partial charge in [-0.2, -0.15) is 0 Å². The van der Waals surface area contributed by atoms with E-state index in [1.165, 1.54) is 20.9 Å². The molecule has 0 saturated heterocycles. The Morgan fingerprint density at radius 1 is 1.15 bits per heavy atom. The fourth-order valence-corrected chi connectivity index (χ4v) is 3.91. The molecule has 2 aromatic heterocycles. The SMILES string of the molecule is Cc1ccc(NCc2cc(-c3cccs3)cs2)c(Cl)c1. The molecule has 4 heteroatoms. The molecular weight excluding hydrogens is 306 g/mol. The van der Waals surface area contributed by atoms with E-state index in [1.807, 2.05) is 19.1 Å². The minimum atomic E-state index is 0.778. The van der Waals surface area contributed by atoms with Crippen LogP contribution >= 0.6 is 34.3 Å². The maximum Gasteiger partial charge on any atom is 0.0640 e. The van der Waals surface area contributed by atoms with Crippen molar-refractivity contribution in [3.05, 3.63) is 62.6 Å². The summed E-state index contributed by atoms with van der Waals surface area (Å²) in [5.74, 6) is 0. The normalized spacial score (nSPS) is 10.7. The van der Waals surface area contributed by atoms with Crippen LogP contribution in [0.2, 0.25) is 5.02 Å². The topological polar surface area (TPSA) is 12.0 Å². The van der Waals surface area contributed by atoms with Crippen LogP contribution in [0.5, 0.6) is 0 Å². The fourth-order valence-electron chi connectivity index (χ4n) is 1.99. The number of halogens is 1. The van der Waals surface area contributed by atoms with E-state index in [4.69, 9.17) is 11.6 Å². The van der Waals surface area contributed by atoms with Gasteiger partial charge in [0.15, 0.2) is 0 Å². The molecule has 20 heavy (non-hydrogen) atoms. The molecule has 1 nitrogen and oxygen atoms in total. The van der Waals surface area contributed by atoms with E-state index < -0.39 is 0 Å². The van der Waals surface area contributed by atoms with E-state index in [2.05, 4.69) is 40.3 Å². The molecular formula is C16H14ClNS2. The van der Waals surface area contributed by atoms with Gasteiger partial charge in [0, 0.05) is 21.9 Å². The zero-order valence-corrected chi connectivity index (χ0v) is 13.4. The number of anilines is 1. The van der Waals surface area contributed by atoms with Crippen molar-refractivity contribution in [1.29, 1.82) is 0 Å². The molecule has 0 saturated carbocycles. The number of rotatable bonds is 4. The Hall–Kier alpha value is -1.29. The molecule has 0 amide bonds. The van der Waals surface area contributed by atoms with E-state index in [-0.39, 0.29) is 0 Å². The van der Waals surface area contributed by atoms with Gasteiger partial charge in [0.2, 0.25) is 0 Å². The second-order valence-electron chi connectivity index (χ2n) is 4.62. The molecule has 0 fully saturated rings. The van der Waals surface area contributed by atoms with Crippen molar-refractivity contribution in [2.75, 3.05) is 5.32 Å². The van der Waals surface area contributed by atoms with Gasteiger partial charge >= 0.3 is 0 Å². The van der Waals surface area contributed by atoms with Gasteiger partial charge in [-0.25, -0.2) is 0 Å². The largest absolute Gasteiger partial charge is 0.379 e. The van der Waals surface area contributed by atoms with Crippen molar-refractivity contribution in [3.63, 3.8) is 0 Å². The standard InChI is InChI=1S/C16H14ClNS2/c1-11-4-5-15(14(17)7-11)18-9-13-8-12(10-20-13)16-3-2-6-19-16/h2-8,10,18H,9H2,1H3. The Morgan fingerprint density at radius 2 is 2.05 bits per heavy atom. The van der Waals surface area contributed by atoms with Crippen LogP contribution in [0.15, 0.2) is 47.2 Å².